The summed E-state index contributed by atoms with van der Waals surface area (Å²) >= 11 is 0. The monoisotopic (exact) mass is 270 g/mol. The fourth-order valence-electron chi connectivity index (χ4n) is 3.24. The molecule has 106 valence electrons. The Kier molecular flexibility index (Phi) is 2.84. The van der Waals surface area contributed by atoms with E-state index in [1.807, 2.05) is 6.20 Å². The van der Waals surface area contributed by atoms with Crippen molar-refractivity contribution in [2.75, 3.05) is 6.61 Å². The van der Waals surface area contributed by atoms with Gasteiger partial charge in [0.05, 0.1) is 11.7 Å². The van der Waals surface area contributed by atoms with Gasteiger partial charge in [0, 0.05) is 12.0 Å². The molecule has 2 heterocycles. The summed E-state index contributed by atoms with van der Waals surface area (Å²) < 4.78 is 7.92. The van der Waals surface area contributed by atoms with Gasteiger partial charge in [-0.2, -0.15) is 5.10 Å². The summed E-state index contributed by atoms with van der Waals surface area (Å²) in [5, 5.41) is 5.81. The van der Waals surface area contributed by atoms with Gasteiger partial charge in [0.2, 0.25) is 0 Å². The highest BCUT2D eigenvalue weighted by Gasteiger charge is 2.37. The number of hydrogen-bond acceptors (Lipinski definition) is 2. The molecule has 4 rings (SSSR count). The topological polar surface area (TPSA) is 27.1 Å². The quantitative estimate of drug-likeness (QED) is 0.840. The normalized spacial score (nSPS) is 24.9. The maximum atomic E-state index is 5.85. The number of benzene rings is 1. The lowest BCUT2D eigenvalue weighted by molar-refractivity contribution is -0.0366. The Bertz CT molecular complexity index is 621. The molecule has 0 radical (unpaired) electrons. The summed E-state index contributed by atoms with van der Waals surface area (Å²) in [6.45, 7) is 3.25. The second kappa shape index (κ2) is 4.59. The highest BCUT2D eigenvalue weighted by molar-refractivity contribution is 5.79. The zero-order valence-corrected chi connectivity index (χ0v) is 12.1. The molecule has 1 saturated heterocycles. The second-order valence-electron chi connectivity index (χ2n) is 6.79. The van der Waals surface area contributed by atoms with Crippen molar-refractivity contribution in [3.63, 3.8) is 0 Å². The van der Waals surface area contributed by atoms with Crippen molar-refractivity contribution in [2.24, 2.45) is 5.41 Å². The Morgan fingerprint density at radius 1 is 1.35 bits per heavy atom. The number of aromatic nitrogens is 2. The second-order valence-corrected chi connectivity index (χ2v) is 6.79. The van der Waals surface area contributed by atoms with Crippen LogP contribution in [0.15, 0.2) is 24.4 Å². The molecule has 1 saturated carbocycles. The van der Waals surface area contributed by atoms with Crippen LogP contribution >= 0.6 is 0 Å². The average Bonchev–Trinajstić information content (AvgIpc) is 3.04. The standard InChI is InChI=1S/C17H22N2O/c1-17(7-8-17)11-13-5-6-15-14(10-13)12-18-19(15)16-4-2-3-9-20-16/h5-6,10,12,16H,2-4,7-9,11H2,1H3. The van der Waals surface area contributed by atoms with Crippen LogP contribution in [0.25, 0.3) is 10.9 Å². The smallest absolute Gasteiger partial charge is 0.150 e. The van der Waals surface area contributed by atoms with Crippen molar-refractivity contribution in [1.82, 2.24) is 9.78 Å². The molecular weight excluding hydrogens is 248 g/mol. The first kappa shape index (κ1) is 12.4. The maximum Gasteiger partial charge on any atom is 0.150 e. The van der Waals surface area contributed by atoms with Crippen molar-refractivity contribution >= 4 is 10.9 Å². The number of nitrogens with zero attached hydrogens (tertiary/aromatic N) is 2. The van der Waals surface area contributed by atoms with E-state index in [2.05, 4.69) is 34.9 Å². The van der Waals surface area contributed by atoms with Crippen LogP contribution in [0, 0.1) is 5.41 Å². The van der Waals surface area contributed by atoms with E-state index in [1.54, 1.807) is 0 Å². The minimum atomic E-state index is 0.132. The Labute approximate surface area is 119 Å². The maximum absolute atomic E-state index is 5.85. The lowest BCUT2D eigenvalue weighted by atomic mass is 9.98. The fourth-order valence-corrected chi connectivity index (χ4v) is 3.24. The van der Waals surface area contributed by atoms with Gasteiger partial charge in [-0.3, -0.25) is 0 Å². The SMILES string of the molecule is CC1(Cc2ccc3c(cnn3C3CCCCO3)c2)CC1. The summed E-state index contributed by atoms with van der Waals surface area (Å²) in [6, 6.07) is 6.81. The van der Waals surface area contributed by atoms with Gasteiger partial charge in [0.15, 0.2) is 6.23 Å². The molecule has 1 aromatic carbocycles. The number of hydrogen-bond donors (Lipinski definition) is 0. The third-order valence-electron chi connectivity index (χ3n) is 4.82. The van der Waals surface area contributed by atoms with Crippen LogP contribution in [0.2, 0.25) is 0 Å². The highest BCUT2D eigenvalue weighted by Crippen LogP contribution is 2.47. The predicted octanol–water partition coefficient (Wildman–Crippen LogP) is 4.08. The first-order chi connectivity index (χ1) is 9.73. The van der Waals surface area contributed by atoms with Crippen LogP contribution in [0.5, 0.6) is 0 Å². The number of ether oxygens (including phenoxy) is 1. The molecule has 0 bridgehead atoms. The molecule has 2 aromatic rings. The first-order valence-electron chi connectivity index (χ1n) is 7.81. The van der Waals surface area contributed by atoms with Gasteiger partial charge < -0.3 is 4.74 Å². The van der Waals surface area contributed by atoms with E-state index in [-0.39, 0.29) is 6.23 Å². The third kappa shape index (κ3) is 2.24. The van der Waals surface area contributed by atoms with E-state index in [0.29, 0.717) is 5.41 Å². The molecule has 1 unspecified atom stereocenters. The third-order valence-corrected chi connectivity index (χ3v) is 4.82. The van der Waals surface area contributed by atoms with Gasteiger partial charge in [-0.15, -0.1) is 0 Å². The minimum Gasteiger partial charge on any atom is -0.356 e. The summed E-state index contributed by atoms with van der Waals surface area (Å²) in [5.74, 6) is 0. The summed E-state index contributed by atoms with van der Waals surface area (Å²) in [4.78, 5) is 0. The van der Waals surface area contributed by atoms with E-state index >= 15 is 0 Å². The molecule has 0 amide bonds. The van der Waals surface area contributed by atoms with E-state index in [1.165, 1.54) is 48.6 Å². The Morgan fingerprint density at radius 3 is 3.00 bits per heavy atom. The predicted molar refractivity (Wildman–Crippen MR) is 79.6 cm³/mol. The Balaban J connectivity index is 1.63. The van der Waals surface area contributed by atoms with Gasteiger partial charge in [-0.25, -0.2) is 4.68 Å². The fraction of sp³-hybridized carbons (Fsp3) is 0.588. The summed E-state index contributed by atoms with van der Waals surface area (Å²) in [5.41, 5.74) is 3.22. The first-order valence-corrected chi connectivity index (χ1v) is 7.81. The Hall–Kier alpha value is -1.35. The zero-order valence-electron chi connectivity index (χ0n) is 12.1. The van der Waals surface area contributed by atoms with Crippen molar-refractivity contribution in [3.05, 3.63) is 30.0 Å². The molecule has 1 aliphatic heterocycles. The van der Waals surface area contributed by atoms with Crippen molar-refractivity contribution in [2.45, 2.75) is 51.7 Å². The van der Waals surface area contributed by atoms with Gasteiger partial charge in [-0.1, -0.05) is 13.0 Å². The number of rotatable bonds is 3. The van der Waals surface area contributed by atoms with E-state index in [0.717, 1.165) is 13.0 Å². The Morgan fingerprint density at radius 2 is 2.25 bits per heavy atom. The van der Waals surface area contributed by atoms with Gasteiger partial charge in [0.25, 0.3) is 0 Å². The van der Waals surface area contributed by atoms with Crippen molar-refractivity contribution in [3.8, 4) is 0 Å². The molecule has 2 aliphatic rings. The number of fused-ring (bicyclic) bond motifs is 1. The summed E-state index contributed by atoms with van der Waals surface area (Å²) in [7, 11) is 0. The lowest BCUT2D eigenvalue weighted by Crippen LogP contribution is -2.18. The lowest BCUT2D eigenvalue weighted by Gasteiger charge is -2.23. The van der Waals surface area contributed by atoms with Crippen LogP contribution in [-0.2, 0) is 11.2 Å². The molecule has 1 atom stereocenters. The van der Waals surface area contributed by atoms with E-state index in [9.17, 15) is 0 Å². The summed E-state index contributed by atoms with van der Waals surface area (Å²) in [6.07, 6.45) is 9.57. The van der Waals surface area contributed by atoms with Crippen LogP contribution in [-0.4, -0.2) is 16.4 Å². The van der Waals surface area contributed by atoms with E-state index < -0.39 is 0 Å². The van der Waals surface area contributed by atoms with E-state index in [4.69, 9.17) is 4.74 Å². The van der Waals surface area contributed by atoms with Gasteiger partial charge >= 0.3 is 0 Å². The average molecular weight is 270 g/mol. The van der Waals surface area contributed by atoms with Crippen LogP contribution in [0.1, 0.15) is 50.8 Å². The molecule has 0 spiro atoms. The molecule has 3 heteroatoms. The van der Waals surface area contributed by atoms with Gasteiger partial charge in [-0.05, 0) is 61.6 Å². The van der Waals surface area contributed by atoms with Crippen molar-refractivity contribution in [1.29, 1.82) is 0 Å². The van der Waals surface area contributed by atoms with Crippen LogP contribution in [0.3, 0.4) is 0 Å². The van der Waals surface area contributed by atoms with Crippen molar-refractivity contribution < 1.29 is 4.74 Å². The van der Waals surface area contributed by atoms with Crippen LogP contribution in [0.4, 0.5) is 0 Å². The molecule has 1 aliphatic carbocycles. The molecule has 20 heavy (non-hydrogen) atoms. The molecule has 2 fully saturated rings. The molecule has 0 N–H and O–H groups in total. The molecule has 3 nitrogen and oxygen atoms in total. The van der Waals surface area contributed by atoms with Crippen LogP contribution < -0.4 is 0 Å². The van der Waals surface area contributed by atoms with Gasteiger partial charge in [0.1, 0.15) is 0 Å². The highest BCUT2D eigenvalue weighted by atomic mass is 16.5. The largest absolute Gasteiger partial charge is 0.356 e. The molecule has 1 aromatic heterocycles. The zero-order chi connectivity index (χ0) is 13.6. The molecular formula is C17H22N2O. The minimum absolute atomic E-state index is 0.132.